The van der Waals surface area contributed by atoms with Crippen molar-refractivity contribution >= 4 is 38.6 Å². The van der Waals surface area contributed by atoms with Crippen LogP contribution < -0.4 is 10.6 Å². The fraction of sp³-hybridized carbons (Fsp3) is 0.133. The number of nitrogens with two attached hydrogens (primary N) is 1. The zero-order valence-corrected chi connectivity index (χ0v) is 12.9. The summed E-state index contributed by atoms with van der Waals surface area (Å²) in [6, 6.07) is 14.2. The summed E-state index contributed by atoms with van der Waals surface area (Å²) in [5.74, 6) is 0.496. The van der Waals surface area contributed by atoms with E-state index in [-0.39, 0.29) is 0 Å². The van der Waals surface area contributed by atoms with Crippen LogP contribution in [0.3, 0.4) is 0 Å². The number of hydrogen-bond acceptors (Lipinski definition) is 3. The summed E-state index contributed by atoms with van der Waals surface area (Å²) < 4.78 is 2.96. The summed E-state index contributed by atoms with van der Waals surface area (Å²) in [5.41, 5.74) is 10.1. The number of aromatic nitrogens is 2. The van der Waals surface area contributed by atoms with E-state index in [1.807, 2.05) is 36.9 Å². The van der Waals surface area contributed by atoms with Gasteiger partial charge in [-0.05, 0) is 42.5 Å². The molecule has 0 spiro atoms. The van der Waals surface area contributed by atoms with E-state index in [4.69, 9.17) is 5.73 Å². The number of benzene rings is 2. The molecule has 0 saturated carbocycles. The van der Waals surface area contributed by atoms with Crippen LogP contribution in [0, 0.1) is 0 Å². The largest absolute Gasteiger partial charge is 0.378 e. The van der Waals surface area contributed by atoms with Gasteiger partial charge in [-0.25, -0.2) is 4.98 Å². The molecular weight excluding hydrogens is 316 g/mol. The highest BCUT2D eigenvalue weighted by molar-refractivity contribution is 9.10. The van der Waals surface area contributed by atoms with Crippen LogP contribution in [0.1, 0.15) is 0 Å². The zero-order chi connectivity index (χ0) is 14.3. The van der Waals surface area contributed by atoms with Crippen molar-refractivity contribution < 1.29 is 0 Å². The fourth-order valence-corrected chi connectivity index (χ4v) is 2.59. The number of nitrogen functional groups attached to an aromatic ring is 1. The lowest BCUT2D eigenvalue weighted by molar-refractivity contribution is 1.09. The Morgan fingerprint density at radius 1 is 1.10 bits per heavy atom. The van der Waals surface area contributed by atoms with Gasteiger partial charge >= 0.3 is 0 Å². The van der Waals surface area contributed by atoms with Crippen LogP contribution in [0.5, 0.6) is 0 Å². The Labute approximate surface area is 126 Å². The van der Waals surface area contributed by atoms with Crippen molar-refractivity contribution in [1.29, 1.82) is 0 Å². The van der Waals surface area contributed by atoms with E-state index in [0.717, 1.165) is 26.9 Å². The molecule has 3 aromatic rings. The maximum Gasteiger partial charge on any atom is 0.205 e. The van der Waals surface area contributed by atoms with E-state index < -0.39 is 0 Å². The standard InChI is InChI=1S/C15H15BrN4/c1-19(2)11-4-6-12(7-5-11)20-14-8-3-10(16)9-13(14)18-15(20)17/h3-9H,1-2H3,(H2,17,18). The van der Waals surface area contributed by atoms with Gasteiger partial charge in [-0.2, -0.15) is 0 Å². The number of fused-ring (bicyclic) bond motifs is 1. The molecule has 0 aliphatic carbocycles. The summed E-state index contributed by atoms with van der Waals surface area (Å²) in [5, 5.41) is 0. The Bertz CT molecular complexity index is 759. The average molecular weight is 331 g/mol. The fourth-order valence-electron chi connectivity index (χ4n) is 2.24. The van der Waals surface area contributed by atoms with Crippen LogP contribution in [0.2, 0.25) is 0 Å². The number of anilines is 2. The molecule has 102 valence electrons. The molecule has 3 rings (SSSR count). The maximum absolute atomic E-state index is 6.06. The molecule has 0 unspecified atom stereocenters. The minimum absolute atomic E-state index is 0.496. The summed E-state index contributed by atoms with van der Waals surface area (Å²) in [4.78, 5) is 6.47. The Morgan fingerprint density at radius 3 is 2.45 bits per heavy atom. The third-order valence-electron chi connectivity index (χ3n) is 3.27. The molecule has 0 atom stereocenters. The van der Waals surface area contributed by atoms with Gasteiger partial charge in [0.15, 0.2) is 0 Å². The Morgan fingerprint density at radius 2 is 1.80 bits per heavy atom. The highest BCUT2D eigenvalue weighted by Crippen LogP contribution is 2.26. The average Bonchev–Trinajstić information content (AvgIpc) is 2.73. The van der Waals surface area contributed by atoms with Crippen LogP contribution in [-0.4, -0.2) is 23.6 Å². The first-order valence-electron chi connectivity index (χ1n) is 6.27. The van der Waals surface area contributed by atoms with E-state index in [1.54, 1.807) is 0 Å². The number of rotatable bonds is 2. The lowest BCUT2D eigenvalue weighted by Crippen LogP contribution is -2.08. The molecule has 0 radical (unpaired) electrons. The molecule has 0 aliphatic rings. The van der Waals surface area contributed by atoms with Gasteiger partial charge in [-0.15, -0.1) is 0 Å². The number of imidazole rings is 1. The van der Waals surface area contributed by atoms with Crippen LogP contribution in [0.25, 0.3) is 16.7 Å². The molecule has 2 N–H and O–H groups in total. The lowest BCUT2D eigenvalue weighted by atomic mass is 10.2. The summed E-state index contributed by atoms with van der Waals surface area (Å²) in [7, 11) is 4.04. The molecule has 0 bridgehead atoms. The highest BCUT2D eigenvalue weighted by atomic mass is 79.9. The SMILES string of the molecule is CN(C)c1ccc(-n2c(N)nc3cc(Br)ccc32)cc1. The quantitative estimate of drug-likeness (QED) is 0.782. The third kappa shape index (κ3) is 2.14. The monoisotopic (exact) mass is 330 g/mol. The van der Waals surface area contributed by atoms with Crippen LogP contribution in [-0.2, 0) is 0 Å². The molecule has 4 nitrogen and oxygen atoms in total. The second kappa shape index (κ2) is 4.83. The Balaban J connectivity index is 2.16. The van der Waals surface area contributed by atoms with Crippen molar-refractivity contribution in [3.05, 3.63) is 46.9 Å². The molecule has 0 saturated heterocycles. The maximum atomic E-state index is 6.06. The second-order valence-corrected chi connectivity index (χ2v) is 5.76. The van der Waals surface area contributed by atoms with Gasteiger partial charge < -0.3 is 10.6 Å². The normalized spacial score (nSPS) is 10.9. The van der Waals surface area contributed by atoms with Gasteiger partial charge in [-0.3, -0.25) is 4.57 Å². The van der Waals surface area contributed by atoms with Crippen molar-refractivity contribution in [2.75, 3.05) is 24.7 Å². The first-order chi connectivity index (χ1) is 9.56. The Hall–Kier alpha value is -2.01. The van der Waals surface area contributed by atoms with Gasteiger partial charge in [0.05, 0.1) is 11.0 Å². The number of halogens is 1. The minimum Gasteiger partial charge on any atom is -0.378 e. The first-order valence-corrected chi connectivity index (χ1v) is 7.07. The smallest absolute Gasteiger partial charge is 0.205 e. The van der Waals surface area contributed by atoms with Gasteiger partial charge in [0.1, 0.15) is 0 Å². The first kappa shape index (κ1) is 13.0. The molecule has 20 heavy (non-hydrogen) atoms. The van der Waals surface area contributed by atoms with Crippen LogP contribution in [0.4, 0.5) is 11.6 Å². The lowest BCUT2D eigenvalue weighted by Gasteiger charge is -2.13. The molecule has 1 aromatic heterocycles. The van der Waals surface area contributed by atoms with Crippen molar-refractivity contribution in [1.82, 2.24) is 9.55 Å². The number of nitrogens with zero attached hydrogens (tertiary/aromatic N) is 3. The second-order valence-electron chi connectivity index (χ2n) is 4.85. The van der Waals surface area contributed by atoms with Gasteiger partial charge in [0.25, 0.3) is 0 Å². The van der Waals surface area contributed by atoms with Crippen molar-refractivity contribution in [2.45, 2.75) is 0 Å². The van der Waals surface area contributed by atoms with Crippen LogP contribution in [0.15, 0.2) is 46.9 Å². The van der Waals surface area contributed by atoms with E-state index in [2.05, 4.69) is 50.1 Å². The zero-order valence-electron chi connectivity index (χ0n) is 11.3. The van der Waals surface area contributed by atoms with Crippen molar-refractivity contribution in [3.8, 4) is 5.69 Å². The van der Waals surface area contributed by atoms with E-state index >= 15 is 0 Å². The third-order valence-corrected chi connectivity index (χ3v) is 3.76. The van der Waals surface area contributed by atoms with E-state index in [9.17, 15) is 0 Å². The summed E-state index contributed by atoms with van der Waals surface area (Å²) in [6.45, 7) is 0. The van der Waals surface area contributed by atoms with Crippen LogP contribution >= 0.6 is 15.9 Å². The molecular formula is C15H15BrN4. The molecule has 0 amide bonds. The molecule has 0 fully saturated rings. The molecule has 0 aliphatic heterocycles. The van der Waals surface area contributed by atoms with E-state index in [1.165, 1.54) is 0 Å². The topological polar surface area (TPSA) is 47.1 Å². The van der Waals surface area contributed by atoms with Gasteiger partial charge in [0, 0.05) is 29.9 Å². The van der Waals surface area contributed by atoms with Crippen molar-refractivity contribution in [3.63, 3.8) is 0 Å². The summed E-state index contributed by atoms with van der Waals surface area (Å²) in [6.07, 6.45) is 0. The van der Waals surface area contributed by atoms with Crippen molar-refractivity contribution in [2.24, 2.45) is 0 Å². The van der Waals surface area contributed by atoms with Gasteiger partial charge in [-0.1, -0.05) is 15.9 Å². The predicted octanol–water partition coefficient (Wildman–Crippen LogP) is 3.44. The minimum atomic E-state index is 0.496. The number of hydrogen-bond donors (Lipinski definition) is 1. The Kier molecular flexibility index (Phi) is 3.14. The molecule has 1 heterocycles. The summed E-state index contributed by atoms with van der Waals surface area (Å²) >= 11 is 3.45. The highest BCUT2D eigenvalue weighted by Gasteiger charge is 2.10. The molecule has 5 heteroatoms. The van der Waals surface area contributed by atoms with Gasteiger partial charge in [0.2, 0.25) is 5.95 Å². The molecule has 2 aromatic carbocycles. The predicted molar refractivity (Wildman–Crippen MR) is 87.5 cm³/mol. The van der Waals surface area contributed by atoms with E-state index in [0.29, 0.717) is 5.95 Å².